The summed E-state index contributed by atoms with van der Waals surface area (Å²) in [6.45, 7) is 6.07. The van der Waals surface area contributed by atoms with Crippen LogP contribution in [0.15, 0.2) is 71.8 Å². The van der Waals surface area contributed by atoms with E-state index >= 15 is 0 Å². The molecule has 0 atom stereocenters. The molecule has 7 nitrogen and oxygen atoms in total. The predicted octanol–water partition coefficient (Wildman–Crippen LogP) is 3.99. The van der Waals surface area contributed by atoms with Crippen LogP contribution in [0.25, 0.3) is 0 Å². The molecule has 32 heavy (non-hydrogen) atoms. The molecule has 1 aromatic heterocycles. The van der Waals surface area contributed by atoms with Crippen LogP contribution < -0.4 is 14.5 Å². The van der Waals surface area contributed by atoms with E-state index in [1.54, 1.807) is 49.2 Å². The van der Waals surface area contributed by atoms with Gasteiger partial charge in [-0.3, -0.25) is 9.10 Å². The van der Waals surface area contributed by atoms with E-state index in [0.29, 0.717) is 18.1 Å². The van der Waals surface area contributed by atoms with E-state index in [4.69, 9.17) is 0 Å². The number of likely N-dealkylation sites (N-methyl/N-ethyl adjacent to an activating group) is 1. The Balaban J connectivity index is 1.71. The predicted molar refractivity (Wildman–Crippen MR) is 129 cm³/mol. The molecule has 3 rings (SSSR count). The summed E-state index contributed by atoms with van der Waals surface area (Å²) in [5, 5.41) is 2.92. The molecule has 1 amide bonds. The number of hydrogen-bond donors (Lipinski definition) is 1. The normalized spacial score (nSPS) is 11.1. The minimum atomic E-state index is -3.75. The van der Waals surface area contributed by atoms with Crippen LogP contribution in [0.4, 0.5) is 17.2 Å². The van der Waals surface area contributed by atoms with Gasteiger partial charge in [-0.1, -0.05) is 30.3 Å². The first-order chi connectivity index (χ1) is 15.2. The Morgan fingerprint density at radius 3 is 2.38 bits per heavy atom. The third-order valence-corrected chi connectivity index (χ3v) is 6.97. The highest BCUT2D eigenvalue weighted by Crippen LogP contribution is 2.24. The Kier molecular flexibility index (Phi) is 7.15. The number of benzene rings is 2. The van der Waals surface area contributed by atoms with Crippen LogP contribution in [0.3, 0.4) is 0 Å². The molecule has 0 aliphatic heterocycles. The van der Waals surface area contributed by atoms with Gasteiger partial charge in [0.25, 0.3) is 10.0 Å². The van der Waals surface area contributed by atoms with Crippen molar-refractivity contribution in [2.45, 2.75) is 25.7 Å². The summed E-state index contributed by atoms with van der Waals surface area (Å²) in [5.41, 5.74) is 3.42. The van der Waals surface area contributed by atoms with Gasteiger partial charge in [-0.05, 0) is 62.2 Å². The molecule has 3 aromatic rings. The molecule has 0 fully saturated rings. The van der Waals surface area contributed by atoms with Crippen molar-refractivity contribution in [2.24, 2.45) is 0 Å². The molecule has 8 heteroatoms. The number of hydrogen-bond acceptors (Lipinski definition) is 5. The Labute approximate surface area is 189 Å². The lowest BCUT2D eigenvalue weighted by atomic mass is 10.1. The molecule has 0 aliphatic rings. The van der Waals surface area contributed by atoms with E-state index in [1.807, 2.05) is 38.1 Å². The number of carbonyl (C=O) groups is 1. The number of sulfonamides is 1. The maximum atomic E-state index is 13.1. The van der Waals surface area contributed by atoms with Crippen molar-refractivity contribution < 1.29 is 13.2 Å². The van der Waals surface area contributed by atoms with E-state index in [1.165, 1.54) is 16.6 Å². The van der Waals surface area contributed by atoms with Gasteiger partial charge >= 0.3 is 0 Å². The molecule has 0 unspecified atom stereocenters. The maximum absolute atomic E-state index is 13.1. The van der Waals surface area contributed by atoms with Gasteiger partial charge < -0.3 is 10.2 Å². The van der Waals surface area contributed by atoms with Crippen LogP contribution in [0.2, 0.25) is 0 Å². The zero-order chi connectivity index (χ0) is 23.3. The number of carbonyl (C=O) groups excluding carboxylic acids is 1. The van der Waals surface area contributed by atoms with Gasteiger partial charge in [-0.2, -0.15) is 0 Å². The number of anilines is 3. The zero-order valence-corrected chi connectivity index (χ0v) is 19.6. The Morgan fingerprint density at radius 1 is 1.03 bits per heavy atom. The topological polar surface area (TPSA) is 82.6 Å². The van der Waals surface area contributed by atoms with Crippen molar-refractivity contribution in [3.05, 3.63) is 78.0 Å². The zero-order valence-electron chi connectivity index (χ0n) is 18.7. The molecule has 1 heterocycles. The van der Waals surface area contributed by atoms with E-state index < -0.39 is 10.0 Å². The van der Waals surface area contributed by atoms with Crippen LogP contribution in [0.5, 0.6) is 0 Å². The minimum Gasteiger partial charge on any atom is -0.350 e. The molecule has 0 bridgehead atoms. The summed E-state index contributed by atoms with van der Waals surface area (Å²) in [6.07, 6.45) is 1.33. The van der Waals surface area contributed by atoms with Crippen LogP contribution in [0.1, 0.15) is 18.1 Å². The fourth-order valence-electron chi connectivity index (χ4n) is 3.32. The molecule has 0 aliphatic carbocycles. The quantitative estimate of drug-likeness (QED) is 0.559. The minimum absolute atomic E-state index is 0.0809. The number of pyridine rings is 1. The van der Waals surface area contributed by atoms with Gasteiger partial charge in [0.1, 0.15) is 10.7 Å². The molecular weight excluding hydrogens is 424 g/mol. The standard InChI is InChI=1S/C24H28N4O3S/c1-5-28(20-9-7-6-8-10-20)32(30,31)21-13-14-23(25-16-21)27(4)17-24(29)26-22-15-18(2)11-12-19(22)3/h6-16H,5,17H2,1-4H3,(H,26,29). The second-order valence-corrected chi connectivity index (χ2v) is 9.44. The van der Waals surface area contributed by atoms with Crippen LogP contribution in [-0.2, 0) is 14.8 Å². The molecule has 0 spiro atoms. The fraction of sp³-hybridized carbons (Fsp3) is 0.250. The van der Waals surface area contributed by atoms with Gasteiger partial charge in [0, 0.05) is 25.5 Å². The molecule has 0 radical (unpaired) electrons. The van der Waals surface area contributed by atoms with E-state index in [9.17, 15) is 13.2 Å². The van der Waals surface area contributed by atoms with Crippen LogP contribution >= 0.6 is 0 Å². The summed E-state index contributed by atoms with van der Waals surface area (Å²) in [6, 6.07) is 18.0. The van der Waals surface area contributed by atoms with Crippen molar-refractivity contribution in [1.82, 2.24) is 4.98 Å². The van der Waals surface area contributed by atoms with Crippen molar-refractivity contribution in [3.63, 3.8) is 0 Å². The second-order valence-electron chi connectivity index (χ2n) is 7.58. The smallest absolute Gasteiger partial charge is 0.265 e. The average Bonchev–Trinajstić information content (AvgIpc) is 2.77. The van der Waals surface area contributed by atoms with Crippen molar-refractivity contribution in [3.8, 4) is 0 Å². The lowest BCUT2D eigenvalue weighted by molar-refractivity contribution is -0.114. The third-order valence-electron chi connectivity index (χ3n) is 5.08. The molecule has 2 aromatic carbocycles. The average molecular weight is 453 g/mol. The number of aryl methyl sites for hydroxylation is 2. The van der Waals surface area contributed by atoms with Crippen molar-refractivity contribution in [1.29, 1.82) is 0 Å². The Morgan fingerprint density at radius 2 is 1.75 bits per heavy atom. The molecule has 0 saturated carbocycles. The third kappa shape index (κ3) is 5.26. The van der Waals surface area contributed by atoms with E-state index in [-0.39, 0.29) is 17.3 Å². The van der Waals surface area contributed by atoms with Crippen LogP contribution in [-0.4, -0.2) is 39.4 Å². The molecular formula is C24H28N4O3S. The summed E-state index contributed by atoms with van der Waals surface area (Å²) in [4.78, 5) is 18.5. The maximum Gasteiger partial charge on any atom is 0.265 e. The first-order valence-electron chi connectivity index (χ1n) is 10.3. The van der Waals surface area contributed by atoms with Gasteiger partial charge in [-0.15, -0.1) is 0 Å². The monoisotopic (exact) mass is 452 g/mol. The summed E-state index contributed by atoms with van der Waals surface area (Å²) < 4.78 is 27.5. The van der Waals surface area contributed by atoms with Gasteiger partial charge in [-0.25, -0.2) is 13.4 Å². The van der Waals surface area contributed by atoms with Crippen LogP contribution in [0, 0.1) is 13.8 Å². The molecule has 0 saturated heterocycles. The largest absolute Gasteiger partial charge is 0.350 e. The van der Waals surface area contributed by atoms with Gasteiger partial charge in [0.05, 0.1) is 12.2 Å². The Bertz CT molecular complexity index is 1180. The summed E-state index contributed by atoms with van der Waals surface area (Å²) in [5.74, 6) is 0.323. The number of nitrogens with zero attached hydrogens (tertiary/aromatic N) is 3. The first kappa shape index (κ1) is 23.3. The number of para-hydroxylation sites is 1. The number of aromatic nitrogens is 1. The van der Waals surface area contributed by atoms with Gasteiger partial charge in [0.2, 0.25) is 5.91 Å². The summed E-state index contributed by atoms with van der Waals surface area (Å²) in [7, 11) is -2.01. The highest BCUT2D eigenvalue weighted by atomic mass is 32.2. The fourth-order valence-corrected chi connectivity index (χ4v) is 4.74. The SMILES string of the molecule is CCN(c1ccccc1)S(=O)(=O)c1ccc(N(C)CC(=O)Nc2cc(C)ccc2C)nc1. The Hall–Kier alpha value is -3.39. The van der Waals surface area contributed by atoms with Gasteiger partial charge in [0.15, 0.2) is 0 Å². The lowest BCUT2D eigenvalue weighted by Gasteiger charge is -2.23. The molecule has 168 valence electrons. The van der Waals surface area contributed by atoms with E-state index in [0.717, 1.165) is 16.8 Å². The first-order valence-corrected chi connectivity index (χ1v) is 11.8. The van der Waals surface area contributed by atoms with Crippen molar-refractivity contribution >= 4 is 33.1 Å². The highest BCUT2D eigenvalue weighted by Gasteiger charge is 2.24. The number of rotatable bonds is 8. The number of amides is 1. The van der Waals surface area contributed by atoms with Crippen molar-refractivity contribution in [2.75, 3.05) is 34.7 Å². The lowest BCUT2D eigenvalue weighted by Crippen LogP contribution is -2.32. The highest BCUT2D eigenvalue weighted by molar-refractivity contribution is 7.92. The molecule has 1 N–H and O–H groups in total. The number of nitrogens with one attached hydrogen (secondary N) is 1. The van der Waals surface area contributed by atoms with E-state index in [2.05, 4.69) is 10.3 Å². The summed E-state index contributed by atoms with van der Waals surface area (Å²) >= 11 is 0. The second kappa shape index (κ2) is 9.82.